The molecule has 0 unspecified atom stereocenters. The number of benzene rings is 6. The summed E-state index contributed by atoms with van der Waals surface area (Å²) in [4.78, 5) is 10.4. The van der Waals surface area contributed by atoms with E-state index < -0.39 is 0 Å². The molecule has 0 spiro atoms. The summed E-state index contributed by atoms with van der Waals surface area (Å²) in [7, 11) is 0. The first-order valence-electron chi connectivity index (χ1n) is 15.9. The number of nitrogens with zero attached hydrogens (tertiary/aromatic N) is 2. The zero-order valence-corrected chi connectivity index (χ0v) is 26.6. The summed E-state index contributed by atoms with van der Waals surface area (Å²) in [5.74, 6) is 0. The van der Waals surface area contributed by atoms with Crippen molar-refractivity contribution >= 4 is 32.6 Å². The van der Waals surface area contributed by atoms with Gasteiger partial charge in [0.2, 0.25) is 0 Å². The topological polar surface area (TPSA) is 25.8 Å². The third-order valence-corrected chi connectivity index (χ3v) is 9.59. The minimum Gasteiger partial charge on any atom is -0.252 e. The fourth-order valence-corrected chi connectivity index (χ4v) is 7.00. The van der Waals surface area contributed by atoms with Crippen LogP contribution in [0.15, 0.2) is 133 Å². The molecule has 0 aliphatic rings. The van der Waals surface area contributed by atoms with Gasteiger partial charge in [-0.05, 0) is 95.5 Å². The molecule has 0 atom stereocenters. The van der Waals surface area contributed by atoms with Crippen molar-refractivity contribution in [2.75, 3.05) is 0 Å². The van der Waals surface area contributed by atoms with Gasteiger partial charge >= 0.3 is 0 Å². The van der Waals surface area contributed by atoms with Crippen molar-refractivity contribution < 1.29 is 0 Å². The first kappa shape index (κ1) is 27.9. The fourth-order valence-electron chi connectivity index (χ4n) is 7.00. The van der Waals surface area contributed by atoms with Gasteiger partial charge in [-0.1, -0.05) is 121 Å². The Labute approximate surface area is 270 Å². The largest absolute Gasteiger partial charge is 0.252 e. The Morgan fingerprint density at radius 1 is 0.326 bits per heavy atom. The predicted octanol–water partition coefficient (Wildman–Crippen LogP) is 11.8. The smallest absolute Gasteiger partial charge is 0.0790 e. The van der Waals surface area contributed by atoms with E-state index in [0.29, 0.717) is 0 Å². The lowest BCUT2D eigenvalue weighted by Crippen LogP contribution is -1.98. The normalized spacial score (nSPS) is 11.5. The van der Waals surface area contributed by atoms with Crippen molar-refractivity contribution in [3.63, 3.8) is 0 Å². The molecule has 2 heterocycles. The number of rotatable bonds is 4. The van der Waals surface area contributed by atoms with Crippen LogP contribution in [0.1, 0.15) is 22.5 Å². The molecule has 0 aliphatic heterocycles. The van der Waals surface area contributed by atoms with Crippen LogP contribution in [0.5, 0.6) is 0 Å². The first-order valence-corrected chi connectivity index (χ1v) is 15.9. The van der Waals surface area contributed by atoms with E-state index in [1.165, 1.54) is 66.4 Å². The summed E-state index contributed by atoms with van der Waals surface area (Å²) in [6.45, 7) is 8.65. The van der Waals surface area contributed by atoms with Gasteiger partial charge in [0.05, 0.1) is 11.0 Å². The minimum atomic E-state index is 1.02. The Morgan fingerprint density at radius 3 is 1.09 bits per heavy atom. The van der Waals surface area contributed by atoms with E-state index in [2.05, 4.69) is 161 Å². The monoisotopic (exact) mass is 590 g/mol. The Kier molecular flexibility index (Phi) is 6.73. The van der Waals surface area contributed by atoms with Gasteiger partial charge in [-0.25, -0.2) is 0 Å². The highest BCUT2D eigenvalue weighted by Gasteiger charge is 2.18. The summed E-state index contributed by atoms with van der Waals surface area (Å²) >= 11 is 0. The Morgan fingerprint density at radius 2 is 0.674 bits per heavy atom. The maximum absolute atomic E-state index is 5.21. The van der Waals surface area contributed by atoms with Crippen molar-refractivity contribution in [2.24, 2.45) is 0 Å². The summed E-state index contributed by atoms with van der Waals surface area (Å²) < 4.78 is 0. The van der Waals surface area contributed by atoms with E-state index in [0.717, 1.165) is 33.2 Å². The molecule has 46 heavy (non-hydrogen) atoms. The molecule has 2 aromatic heterocycles. The quantitative estimate of drug-likeness (QED) is 0.191. The number of pyridine rings is 2. The molecule has 2 nitrogen and oxygen atoms in total. The average Bonchev–Trinajstić information content (AvgIpc) is 3.10. The number of aromatic nitrogens is 2. The number of hydrogen-bond donors (Lipinski definition) is 0. The van der Waals surface area contributed by atoms with Gasteiger partial charge in [-0.3, -0.25) is 9.97 Å². The highest BCUT2D eigenvalue weighted by molar-refractivity contribution is 6.19. The predicted molar refractivity (Wildman–Crippen MR) is 195 cm³/mol. The van der Waals surface area contributed by atoms with Crippen LogP contribution in [0.3, 0.4) is 0 Å². The van der Waals surface area contributed by atoms with Gasteiger partial charge in [-0.15, -0.1) is 0 Å². The molecule has 220 valence electrons. The third-order valence-electron chi connectivity index (χ3n) is 9.59. The second-order valence-electron chi connectivity index (χ2n) is 12.3. The van der Waals surface area contributed by atoms with Gasteiger partial charge in [0.15, 0.2) is 0 Å². The summed E-state index contributed by atoms with van der Waals surface area (Å²) in [5, 5.41) is 4.60. The summed E-state index contributed by atoms with van der Waals surface area (Å²) in [6, 6.07) is 48.0. The molecule has 8 rings (SSSR count). The lowest BCUT2D eigenvalue weighted by Gasteiger charge is -2.18. The van der Waals surface area contributed by atoms with Crippen molar-refractivity contribution in [1.82, 2.24) is 9.97 Å². The second kappa shape index (κ2) is 11.1. The molecule has 0 N–H and O–H groups in total. The van der Waals surface area contributed by atoms with Crippen LogP contribution in [0.25, 0.3) is 77.1 Å². The van der Waals surface area contributed by atoms with Crippen molar-refractivity contribution in [1.29, 1.82) is 0 Å². The number of hydrogen-bond acceptors (Lipinski definition) is 2. The lowest BCUT2D eigenvalue weighted by atomic mass is 9.89. The molecule has 0 saturated carbocycles. The van der Waals surface area contributed by atoms with E-state index in [1.54, 1.807) is 0 Å². The van der Waals surface area contributed by atoms with Crippen molar-refractivity contribution in [2.45, 2.75) is 27.7 Å². The highest BCUT2D eigenvalue weighted by Crippen LogP contribution is 2.41. The first-order chi connectivity index (χ1) is 22.5. The highest BCUT2D eigenvalue weighted by atomic mass is 14.7. The summed E-state index contributed by atoms with van der Waals surface area (Å²) in [6.07, 6.45) is 0. The SMILES string of the molecule is Cc1nc2c(ccc3c2ccc2c(-c4cccc(-c5ccccc5)c4)c(C)c(C)nc23)c(-c2cccc(-c3ccccc3)c2)c1C. The molecule has 0 bridgehead atoms. The maximum Gasteiger partial charge on any atom is 0.0790 e. The molecule has 2 heteroatoms. The molecule has 8 aromatic rings. The van der Waals surface area contributed by atoms with Gasteiger partial charge in [0, 0.05) is 32.9 Å². The van der Waals surface area contributed by atoms with Crippen LogP contribution in [-0.2, 0) is 0 Å². The summed E-state index contributed by atoms with van der Waals surface area (Å²) in [5.41, 5.74) is 16.3. The third kappa shape index (κ3) is 4.57. The molecule has 6 aromatic carbocycles. The van der Waals surface area contributed by atoms with Gasteiger partial charge < -0.3 is 0 Å². The molecular formula is C44H34N2. The maximum atomic E-state index is 5.21. The fraction of sp³-hybridized carbons (Fsp3) is 0.0909. The minimum absolute atomic E-state index is 1.02. The zero-order valence-electron chi connectivity index (χ0n) is 26.6. The molecule has 0 saturated heterocycles. The van der Waals surface area contributed by atoms with E-state index in [9.17, 15) is 0 Å². The molecule has 0 radical (unpaired) electrons. The van der Waals surface area contributed by atoms with Crippen LogP contribution < -0.4 is 0 Å². The second-order valence-corrected chi connectivity index (χ2v) is 12.3. The molecule has 0 fully saturated rings. The van der Waals surface area contributed by atoms with E-state index in [4.69, 9.17) is 9.97 Å². The zero-order chi connectivity index (χ0) is 31.4. The van der Waals surface area contributed by atoms with Crippen LogP contribution >= 0.6 is 0 Å². The molecule has 0 amide bonds. The molecule has 0 aliphatic carbocycles. The Bertz CT molecular complexity index is 2270. The standard InChI is InChI=1S/C44H34N2/c1-27-29(3)45-43-37-22-24-40-42(36-20-12-18-34(26-36)32-15-9-6-10-16-32)28(2)30(4)46-44(40)38(37)21-23-39(43)41(27)35-19-11-17-33(25-35)31-13-7-5-8-14-31/h5-26H,1-4H3. The van der Waals surface area contributed by atoms with Crippen LogP contribution in [0.4, 0.5) is 0 Å². The van der Waals surface area contributed by atoms with Crippen molar-refractivity contribution in [3.8, 4) is 44.5 Å². The van der Waals surface area contributed by atoms with Crippen LogP contribution in [0.2, 0.25) is 0 Å². The average molecular weight is 591 g/mol. The number of aryl methyl sites for hydroxylation is 2. The van der Waals surface area contributed by atoms with Gasteiger partial charge in [-0.2, -0.15) is 0 Å². The Balaban J connectivity index is 1.35. The van der Waals surface area contributed by atoms with E-state index in [1.807, 2.05) is 0 Å². The van der Waals surface area contributed by atoms with Gasteiger partial charge in [0.25, 0.3) is 0 Å². The van der Waals surface area contributed by atoms with E-state index >= 15 is 0 Å². The lowest BCUT2D eigenvalue weighted by molar-refractivity contribution is 1.20. The van der Waals surface area contributed by atoms with Crippen molar-refractivity contribution in [3.05, 3.63) is 156 Å². The molecular weight excluding hydrogens is 556 g/mol. The van der Waals surface area contributed by atoms with E-state index in [-0.39, 0.29) is 0 Å². The number of fused-ring (bicyclic) bond motifs is 5. The van der Waals surface area contributed by atoms with Crippen LogP contribution in [0, 0.1) is 27.7 Å². The Hall–Kier alpha value is -5.60. The van der Waals surface area contributed by atoms with Gasteiger partial charge in [0.1, 0.15) is 0 Å². The van der Waals surface area contributed by atoms with Crippen LogP contribution in [-0.4, -0.2) is 9.97 Å².